The Labute approximate surface area is 137 Å². The average molecular weight is 327 g/mol. The molecule has 0 aliphatic carbocycles. The number of para-hydroxylation sites is 1. The van der Waals surface area contributed by atoms with Crippen LogP contribution < -0.4 is 10.6 Å². The first-order valence-electron chi connectivity index (χ1n) is 7.60. The van der Waals surface area contributed by atoms with Gasteiger partial charge in [-0.3, -0.25) is 13.9 Å². The number of hydrogen-bond acceptors (Lipinski definition) is 3. The summed E-state index contributed by atoms with van der Waals surface area (Å²) < 4.78 is 3.18. The fraction of sp³-hybridized carbons (Fsp3) is 0.294. The number of hydrogen-bond donors (Lipinski definition) is 0. The zero-order valence-electron chi connectivity index (χ0n) is 13.0. The third-order valence-corrected chi connectivity index (χ3v) is 5.49. The van der Waals surface area contributed by atoms with E-state index in [1.165, 1.54) is 16.9 Å². The molecule has 23 heavy (non-hydrogen) atoms. The number of fused-ring (bicyclic) bond motifs is 2. The number of anilines is 1. The quantitative estimate of drug-likeness (QED) is 0.725. The van der Waals surface area contributed by atoms with Crippen LogP contribution in [0.4, 0.5) is 5.69 Å². The van der Waals surface area contributed by atoms with E-state index in [4.69, 9.17) is 0 Å². The summed E-state index contributed by atoms with van der Waals surface area (Å²) >= 11 is 1.51. The second-order valence-corrected chi connectivity index (χ2v) is 6.88. The van der Waals surface area contributed by atoms with Crippen molar-refractivity contribution in [2.75, 3.05) is 4.90 Å². The normalized spacial score (nSPS) is 17.0. The first-order chi connectivity index (χ1) is 11.1. The van der Waals surface area contributed by atoms with E-state index in [1.54, 1.807) is 16.2 Å². The number of thiophene rings is 1. The van der Waals surface area contributed by atoms with Gasteiger partial charge in [-0.2, -0.15) is 0 Å². The molecule has 1 aromatic carbocycles. The fourth-order valence-electron chi connectivity index (χ4n) is 3.43. The molecule has 1 aliphatic rings. The number of rotatable bonds is 2. The summed E-state index contributed by atoms with van der Waals surface area (Å²) in [5.41, 5.74) is 2.85. The van der Waals surface area contributed by atoms with E-state index in [0.29, 0.717) is 0 Å². The van der Waals surface area contributed by atoms with Crippen LogP contribution in [0.3, 0.4) is 0 Å². The summed E-state index contributed by atoms with van der Waals surface area (Å²) in [4.78, 5) is 28.0. The number of carbonyl (C=O) groups is 1. The predicted octanol–water partition coefficient (Wildman–Crippen LogP) is 2.38. The molecule has 1 aliphatic heterocycles. The summed E-state index contributed by atoms with van der Waals surface area (Å²) in [5, 5.41) is 1.94. The zero-order valence-corrected chi connectivity index (χ0v) is 13.8. The molecule has 5 nitrogen and oxygen atoms in total. The van der Waals surface area contributed by atoms with Gasteiger partial charge in [-0.05, 0) is 36.4 Å². The van der Waals surface area contributed by atoms with Gasteiger partial charge in [0.05, 0.1) is 5.52 Å². The molecular weight excluding hydrogens is 310 g/mol. The predicted molar refractivity (Wildman–Crippen MR) is 92.2 cm³/mol. The van der Waals surface area contributed by atoms with E-state index in [0.717, 1.165) is 22.5 Å². The Kier molecular flexibility index (Phi) is 3.16. The highest BCUT2D eigenvalue weighted by atomic mass is 32.1. The standard InChI is InChI=1S/C17H17N3O2S/c1-11-9-12-5-3-4-6-13(12)20(11)15(21)10-19-14-7-8-23-16(14)18(2)17(19)22/h3-8,11H,9-10H2,1-2H3. The Bertz CT molecular complexity index is 966. The molecule has 3 heterocycles. The van der Waals surface area contributed by atoms with Crippen molar-refractivity contribution >= 4 is 33.3 Å². The van der Waals surface area contributed by atoms with Crippen LogP contribution in [0, 0.1) is 0 Å². The minimum Gasteiger partial charge on any atom is -0.307 e. The molecule has 3 aromatic rings. The molecule has 0 radical (unpaired) electrons. The van der Waals surface area contributed by atoms with Crippen molar-refractivity contribution in [2.45, 2.75) is 25.9 Å². The maximum atomic E-state index is 12.9. The number of aromatic nitrogens is 2. The molecule has 0 saturated carbocycles. The SMILES string of the molecule is CC1Cc2ccccc2N1C(=O)Cn1c(=O)n(C)c2sccc21. The Morgan fingerprint density at radius 1 is 1.30 bits per heavy atom. The minimum atomic E-state index is -0.139. The van der Waals surface area contributed by atoms with Crippen molar-refractivity contribution in [1.29, 1.82) is 0 Å². The maximum Gasteiger partial charge on any atom is 0.329 e. The summed E-state index contributed by atoms with van der Waals surface area (Å²) in [5.74, 6) is -0.0387. The lowest BCUT2D eigenvalue weighted by atomic mass is 10.1. The summed E-state index contributed by atoms with van der Waals surface area (Å²) in [6, 6.07) is 10.0. The van der Waals surface area contributed by atoms with E-state index >= 15 is 0 Å². The fourth-order valence-corrected chi connectivity index (χ4v) is 4.29. The van der Waals surface area contributed by atoms with Gasteiger partial charge in [0.25, 0.3) is 0 Å². The summed E-state index contributed by atoms with van der Waals surface area (Å²) in [6.07, 6.45) is 0.861. The Balaban J connectivity index is 1.72. The van der Waals surface area contributed by atoms with Crippen molar-refractivity contribution < 1.29 is 4.79 Å². The lowest BCUT2D eigenvalue weighted by Crippen LogP contribution is -2.40. The number of nitrogens with zero attached hydrogens (tertiary/aromatic N) is 3. The maximum absolute atomic E-state index is 12.9. The van der Waals surface area contributed by atoms with Crippen LogP contribution in [0.1, 0.15) is 12.5 Å². The van der Waals surface area contributed by atoms with E-state index in [-0.39, 0.29) is 24.2 Å². The molecule has 0 spiro atoms. The number of carbonyl (C=O) groups excluding carboxylic acids is 1. The number of benzene rings is 1. The van der Waals surface area contributed by atoms with E-state index in [9.17, 15) is 9.59 Å². The van der Waals surface area contributed by atoms with Crippen molar-refractivity contribution in [3.05, 3.63) is 51.8 Å². The molecule has 6 heteroatoms. The highest BCUT2D eigenvalue weighted by molar-refractivity contribution is 7.16. The Hall–Kier alpha value is -2.34. The Morgan fingerprint density at radius 3 is 2.91 bits per heavy atom. The molecule has 1 atom stereocenters. The van der Waals surface area contributed by atoms with Crippen molar-refractivity contribution in [1.82, 2.24) is 9.13 Å². The van der Waals surface area contributed by atoms with Gasteiger partial charge >= 0.3 is 5.69 Å². The van der Waals surface area contributed by atoms with Gasteiger partial charge in [0.15, 0.2) is 0 Å². The van der Waals surface area contributed by atoms with Crippen molar-refractivity contribution in [3.63, 3.8) is 0 Å². The van der Waals surface area contributed by atoms with Crippen LogP contribution in [0.5, 0.6) is 0 Å². The van der Waals surface area contributed by atoms with Crippen LogP contribution >= 0.6 is 11.3 Å². The minimum absolute atomic E-state index is 0.0387. The van der Waals surface area contributed by atoms with Gasteiger partial charge in [-0.1, -0.05) is 18.2 Å². The molecule has 0 saturated heterocycles. The monoisotopic (exact) mass is 327 g/mol. The van der Waals surface area contributed by atoms with E-state index < -0.39 is 0 Å². The highest BCUT2D eigenvalue weighted by Crippen LogP contribution is 2.32. The number of aryl methyl sites for hydroxylation is 1. The van der Waals surface area contributed by atoms with Crippen LogP contribution in [0.15, 0.2) is 40.5 Å². The van der Waals surface area contributed by atoms with E-state index in [2.05, 4.69) is 6.07 Å². The van der Waals surface area contributed by atoms with Gasteiger partial charge < -0.3 is 4.90 Å². The molecular formula is C17H17N3O2S. The van der Waals surface area contributed by atoms with Crippen LogP contribution in [-0.4, -0.2) is 21.1 Å². The molecule has 0 bridgehead atoms. The highest BCUT2D eigenvalue weighted by Gasteiger charge is 2.31. The Morgan fingerprint density at radius 2 is 2.09 bits per heavy atom. The number of imidazole rings is 1. The topological polar surface area (TPSA) is 47.2 Å². The van der Waals surface area contributed by atoms with Gasteiger partial charge in [0.1, 0.15) is 11.4 Å². The van der Waals surface area contributed by atoms with E-state index in [1.807, 2.05) is 41.5 Å². The molecule has 0 N–H and O–H groups in total. The van der Waals surface area contributed by atoms with Crippen LogP contribution in [0.25, 0.3) is 10.3 Å². The third-order valence-electron chi connectivity index (χ3n) is 4.51. The van der Waals surface area contributed by atoms with Crippen molar-refractivity contribution in [3.8, 4) is 0 Å². The zero-order chi connectivity index (χ0) is 16.1. The lowest BCUT2D eigenvalue weighted by Gasteiger charge is -2.22. The summed E-state index contributed by atoms with van der Waals surface area (Å²) in [7, 11) is 1.75. The smallest absolute Gasteiger partial charge is 0.307 e. The summed E-state index contributed by atoms with van der Waals surface area (Å²) in [6.45, 7) is 2.12. The van der Waals surface area contributed by atoms with Gasteiger partial charge in [-0.25, -0.2) is 4.79 Å². The molecule has 4 rings (SSSR count). The van der Waals surface area contributed by atoms with Gasteiger partial charge in [0.2, 0.25) is 5.91 Å². The first-order valence-corrected chi connectivity index (χ1v) is 8.48. The van der Waals surface area contributed by atoms with Crippen LogP contribution in [-0.2, 0) is 24.8 Å². The molecule has 2 aromatic heterocycles. The first kappa shape index (κ1) is 14.3. The average Bonchev–Trinajstić information content (AvgIpc) is 3.18. The second kappa shape index (κ2) is 5.09. The molecule has 1 unspecified atom stereocenters. The molecule has 0 fully saturated rings. The van der Waals surface area contributed by atoms with Gasteiger partial charge in [0, 0.05) is 18.8 Å². The van der Waals surface area contributed by atoms with Crippen molar-refractivity contribution in [2.24, 2.45) is 7.05 Å². The largest absolute Gasteiger partial charge is 0.329 e. The molecule has 118 valence electrons. The number of amides is 1. The molecule has 1 amide bonds. The lowest BCUT2D eigenvalue weighted by molar-refractivity contribution is -0.119. The van der Waals surface area contributed by atoms with Crippen LogP contribution in [0.2, 0.25) is 0 Å². The third kappa shape index (κ3) is 2.05. The van der Waals surface area contributed by atoms with Gasteiger partial charge in [-0.15, -0.1) is 11.3 Å². The second-order valence-electron chi connectivity index (χ2n) is 5.98.